The van der Waals surface area contributed by atoms with E-state index in [1.165, 1.54) is 0 Å². The fourth-order valence-corrected chi connectivity index (χ4v) is 0. The second-order valence-corrected chi connectivity index (χ2v) is 1.34. The Morgan fingerprint density at radius 3 is 0.600 bits per heavy atom. The zero-order valence-electron chi connectivity index (χ0n) is 7.69. The van der Waals surface area contributed by atoms with E-state index in [0.29, 0.717) is 0 Å². The van der Waals surface area contributed by atoms with Crippen molar-refractivity contribution in [3.05, 3.63) is 39.5 Å². The third-order valence-electron chi connectivity index (χ3n) is 0. The van der Waals surface area contributed by atoms with Crippen molar-refractivity contribution in [1.82, 2.24) is 4.90 Å². The molecule has 0 aromatic heterocycles. The molecule has 0 aliphatic carbocycles. The summed E-state index contributed by atoms with van der Waals surface area (Å²) in [5.74, 6) is 0. The van der Waals surface area contributed by atoms with Crippen molar-refractivity contribution in [1.29, 1.82) is 0 Å². The van der Waals surface area contributed by atoms with Gasteiger partial charge in [0.15, 0.2) is 0 Å². The molecule has 0 aliphatic rings. The normalized spacial score (nSPS) is 4.80. The Bertz CT molecular complexity index is 26.2. The number of hydrogen-bond donors (Lipinski definition) is 0. The van der Waals surface area contributed by atoms with E-state index in [0.717, 1.165) is 0 Å². The maximum atomic E-state index is 3.00. The molecule has 0 N–H and O–H groups in total. The van der Waals surface area contributed by atoms with Gasteiger partial charge in [0.2, 0.25) is 0 Å². The van der Waals surface area contributed by atoms with Crippen LogP contribution in [0, 0.1) is 0 Å². The third kappa shape index (κ3) is 408. The van der Waals surface area contributed by atoms with Gasteiger partial charge in [-0.15, -0.1) is 39.5 Å². The molecule has 0 saturated heterocycles. The minimum absolute atomic E-state index is 2.00. The molecule has 0 aromatic carbocycles. The highest BCUT2D eigenvalue weighted by molar-refractivity contribution is 4.22. The molecule has 1 heteroatoms. The smallest absolute Gasteiger partial charge is 0.0140 e. The molecular weight excluding hydrogens is 122 g/mol. The Balaban J connectivity index is -0.0000000262. The first-order valence-corrected chi connectivity index (χ1v) is 2.84. The quantitative estimate of drug-likeness (QED) is 0.471. The number of rotatable bonds is 0. The standard InChI is InChI=1S/C3H9N.3C2H4/c1-4(2)3;3*1-2/h1-3H3;3*1-2H2. The van der Waals surface area contributed by atoms with Gasteiger partial charge in [-0.25, -0.2) is 0 Å². The Kier molecular flexibility index (Phi) is 203. The molecule has 0 rings (SSSR count). The van der Waals surface area contributed by atoms with Gasteiger partial charge in [-0.3, -0.25) is 0 Å². The van der Waals surface area contributed by atoms with Crippen LogP contribution in [0.1, 0.15) is 0 Å². The van der Waals surface area contributed by atoms with E-state index in [1.807, 2.05) is 26.0 Å². The molecule has 0 aliphatic heterocycles. The summed E-state index contributed by atoms with van der Waals surface area (Å²) in [6.45, 7) is 18.0. The van der Waals surface area contributed by atoms with Crippen LogP contribution in [0.3, 0.4) is 0 Å². The van der Waals surface area contributed by atoms with Crippen molar-refractivity contribution in [2.45, 2.75) is 0 Å². The SMILES string of the molecule is C=C.C=C.C=C.CN(C)C. The summed E-state index contributed by atoms with van der Waals surface area (Å²) in [4.78, 5) is 2.00. The van der Waals surface area contributed by atoms with Crippen LogP contribution < -0.4 is 0 Å². The van der Waals surface area contributed by atoms with Gasteiger partial charge >= 0.3 is 0 Å². The molecule has 0 bridgehead atoms. The summed E-state index contributed by atoms with van der Waals surface area (Å²) in [5.41, 5.74) is 0. The van der Waals surface area contributed by atoms with Gasteiger partial charge in [-0.2, -0.15) is 0 Å². The van der Waals surface area contributed by atoms with Crippen LogP contribution in [0.15, 0.2) is 39.5 Å². The molecule has 0 saturated carbocycles. The lowest BCUT2D eigenvalue weighted by Gasteiger charge is -1.90. The van der Waals surface area contributed by atoms with Crippen molar-refractivity contribution in [2.24, 2.45) is 0 Å². The first-order chi connectivity index (χ1) is 4.73. The van der Waals surface area contributed by atoms with Crippen LogP contribution in [0.25, 0.3) is 0 Å². The van der Waals surface area contributed by atoms with Crippen LogP contribution in [0.2, 0.25) is 0 Å². The Morgan fingerprint density at radius 2 is 0.600 bits per heavy atom. The monoisotopic (exact) mass is 143 g/mol. The summed E-state index contributed by atoms with van der Waals surface area (Å²) in [5, 5.41) is 0. The van der Waals surface area contributed by atoms with E-state index in [2.05, 4.69) is 39.5 Å². The van der Waals surface area contributed by atoms with Crippen molar-refractivity contribution < 1.29 is 0 Å². The number of hydrogen-bond acceptors (Lipinski definition) is 1. The van der Waals surface area contributed by atoms with Crippen LogP contribution in [-0.4, -0.2) is 26.0 Å². The second-order valence-electron chi connectivity index (χ2n) is 1.34. The van der Waals surface area contributed by atoms with Crippen LogP contribution >= 0.6 is 0 Å². The van der Waals surface area contributed by atoms with Crippen molar-refractivity contribution in [3.8, 4) is 0 Å². The molecule has 0 aromatic rings. The Hall–Kier alpha value is -0.820. The highest BCUT2D eigenvalue weighted by Gasteiger charge is 1.58. The van der Waals surface area contributed by atoms with Gasteiger partial charge in [0, 0.05) is 0 Å². The van der Waals surface area contributed by atoms with E-state index in [-0.39, 0.29) is 0 Å². The van der Waals surface area contributed by atoms with Crippen LogP contribution in [0.5, 0.6) is 0 Å². The van der Waals surface area contributed by atoms with E-state index < -0.39 is 0 Å². The van der Waals surface area contributed by atoms with E-state index in [1.54, 1.807) is 0 Å². The van der Waals surface area contributed by atoms with Crippen molar-refractivity contribution >= 4 is 0 Å². The predicted molar refractivity (Wildman–Crippen MR) is 53.4 cm³/mol. The van der Waals surface area contributed by atoms with Gasteiger partial charge in [0.25, 0.3) is 0 Å². The molecule has 0 atom stereocenters. The zero-order valence-corrected chi connectivity index (χ0v) is 7.69. The average molecular weight is 143 g/mol. The fourth-order valence-electron chi connectivity index (χ4n) is 0. The highest BCUT2D eigenvalue weighted by Crippen LogP contribution is 1.47. The highest BCUT2D eigenvalue weighted by atomic mass is 15.0. The van der Waals surface area contributed by atoms with Crippen LogP contribution in [0.4, 0.5) is 0 Å². The minimum Gasteiger partial charge on any atom is -0.312 e. The Labute approximate surface area is 66.4 Å². The first kappa shape index (κ1) is 22.9. The van der Waals surface area contributed by atoms with Crippen molar-refractivity contribution in [2.75, 3.05) is 21.1 Å². The molecule has 0 heterocycles. The topological polar surface area (TPSA) is 3.24 Å². The van der Waals surface area contributed by atoms with Gasteiger partial charge in [0.05, 0.1) is 0 Å². The lowest BCUT2D eigenvalue weighted by Crippen LogP contribution is -1.99. The molecule has 10 heavy (non-hydrogen) atoms. The molecule has 0 radical (unpaired) electrons. The minimum atomic E-state index is 2.00. The summed E-state index contributed by atoms with van der Waals surface area (Å²) < 4.78 is 0. The molecule has 0 unspecified atom stereocenters. The largest absolute Gasteiger partial charge is 0.312 e. The summed E-state index contributed by atoms with van der Waals surface area (Å²) in [6, 6.07) is 0. The predicted octanol–water partition coefficient (Wildman–Crippen LogP) is 2.58. The zero-order chi connectivity index (χ0) is 9.58. The van der Waals surface area contributed by atoms with Gasteiger partial charge in [-0.1, -0.05) is 0 Å². The molecule has 1 nitrogen and oxygen atoms in total. The fraction of sp³-hybridized carbons (Fsp3) is 0.333. The van der Waals surface area contributed by atoms with E-state index >= 15 is 0 Å². The molecular formula is C9H21N. The van der Waals surface area contributed by atoms with Gasteiger partial charge in [-0.05, 0) is 21.1 Å². The average Bonchev–Trinajstić information content (AvgIpc) is 1.98. The molecule has 0 fully saturated rings. The third-order valence-corrected chi connectivity index (χ3v) is 0. The first-order valence-electron chi connectivity index (χ1n) is 2.84. The van der Waals surface area contributed by atoms with Gasteiger partial charge in [0.1, 0.15) is 0 Å². The molecule has 62 valence electrons. The van der Waals surface area contributed by atoms with Crippen LogP contribution in [-0.2, 0) is 0 Å². The Morgan fingerprint density at radius 1 is 0.600 bits per heavy atom. The number of nitrogens with zero attached hydrogens (tertiary/aromatic N) is 1. The van der Waals surface area contributed by atoms with E-state index in [9.17, 15) is 0 Å². The maximum absolute atomic E-state index is 3.00. The van der Waals surface area contributed by atoms with E-state index in [4.69, 9.17) is 0 Å². The maximum Gasteiger partial charge on any atom is -0.0140 e. The summed E-state index contributed by atoms with van der Waals surface area (Å²) in [7, 11) is 6.00. The summed E-state index contributed by atoms with van der Waals surface area (Å²) >= 11 is 0. The lowest BCUT2D eigenvalue weighted by atomic mass is 11.0. The molecule has 0 spiro atoms. The lowest BCUT2D eigenvalue weighted by molar-refractivity contribution is 0.505. The van der Waals surface area contributed by atoms with Crippen molar-refractivity contribution in [3.63, 3.8) is 0 Å². The second kappa shape index (κ2) is 88.7. The van der Waals surface area contributed by atoms with Gasteiger partial charge < -0.3 is 4.90 Å². The summed E-state index contributed by atoms with van der Waals surface area (Å²) in [6.07, 6.45) is 0. The molecule has 0 amide bonds.